The normalized spacial score (nSPS) is 9.87. The highest BCUT2D eigenvalue weighted by Crippen LogP contribution is 2.13. The van der Waals surface area contributed by atoms with Crippen LogP contribution >= 0.6 is 0 Å². The summed E-state index contributed by atoms with van der Waals surface area (Å²) >= 11 is 0. The number of pyridine rings is 1. The van der Waals surface area contributed by atoms with E-state index in [1.165, 1.54) is 0 Å². The number of rotatable bonds is 2. The van der Waals surface area contributed by atoms with Gasteiger partial charge in [0.05, 0.1) is 5.69 Å². The smallest absolute Gasteiger partial charge is 0.170 e. The number of carbonyl (C=O) groups excluding carboxylic acids is 1. The quantitative estimate of drug-likeness (QED) is 0.729. The summed E-state index contributed by atoms with van der Waals surface area (Å²) in [5.41, 5.74) is 7.06. The summed E-state index contributed by atoms with van der Waals surface area (Å²) < 4.78 is 0. The zero-order valence-corrected chi connectivity index (χ0v) is 7.79. The van der Waals surface area contributed by atoms with Crippen LogP contribution in [0, 0.1) is 0 Å². The van der Waals surface area contributed by atoms with Crippen LogP contribution in [0.4, 0.5) is 5.82 Å². The molecule has 0 saturated carbocycles. The first-order chi connectivity index (χ1) is 7.29. The third kappa shape index (κ3) is 1.96. The molecule has 0 atom stereocenters. The molecule has 74 valence electrons. The first-order valence-corrected chi connectivity index (χ1v) is 4.31. The van der Waals surface area contributed by atoms with Crippen LogP contribution in [0.15, 0.2) is 30.3 Å². The maximum atomic E-state index is 10.4. The lowest BCUT2D eigenvalue weighted by Gasteiger charge is -1.99. The highest BCUT2D eigenvalue weighted by molar-refractivity contribution is 5.72. The number of aromatic nitrogens is 3. The van der Waals surface area contributed by atoms with Crippen LogP contribution < -0.4 is 5.73 Å². The first-order valence-electron chi connectivity index (χ1n) is 4.31. The third-order valence-corrected chi connectivity index (χ3v) is 1.84. The fourth-order valence-corrected chi connectivity index (χ4v) is 1.14. The molecule has 0 spiro atoms. The van der Waals surface area contributed by atoms with Crippen molar-refractivity contribution in [2.45, 2.75) is 0 Å². The molecule has 0 amide bonds. The van der Waals surface area contributed by atoms with E-state index in [-0.39, 0.29) is 0 Å². The van der Waals surface area contributed by atoms with Crippen LogP contribution in [0.1, 0.15) is 10.5 Å². The van der Waals surface area contributed by atoms with Crippen molar-refractivity contribution in [1.82, 2.24) is 15.2 Å². The van der Waals surface area contributed by atoms with E-state index in [1.807, 2.05) is 0 Å². The highest BCUT2D eigenvalue weighted by Gasteiger charge is 2.01. The molecule has 5 nitrogen and oxygen atoms in total. The molecule has 0 bridgehead atoms. The van der Waals surface area contributed by atoms with Crippen molar-refractivity contribution in [3.8, 4) is 11.4 Å². The van der Waals surface area contributed by atoms with E-state index >= 15 is 0 Å². The average Bonchev–Trinajstić information content (AvgIpc) is 2.29. The minimum absolute atomic E-state index is 0.294. The Labute approximate surface area is 86.0 Å². The third-order valence-electron chi connectivity index (χ3n) is 1.84. The van der Waals surface area contributed by atoms with Gasteiger partial charge in [-0.05, 0) is 24.3 Å². The molecule has 0 aliphatic rings. The molecule has 2 aromatic heterocycles. The zero-order chi connectivity index (χ0) is 10.7. The summed E-state index contributed by atoms with van der Waals surface area (Å²) in [7, 11) is 0. The molecule has 15 heavy (non-hydrogen) atoms. The van der Waals surface area contributed by atoms with E-state index in [1.54, 1.807) is 30.3 Å². The Morgan fingerprint density at radius 2 is 1.93 bits per heavy atom. The van der Waals surface area contributed by atoms with Crippen LogP contribution in [0.5, 0.6) is 0 Å². The number of nitrogen functional groups attached to an aromatic ring is 1. The molecule has 2 rings (SSSR count). The second kappa shape index (κ2) is 3.83. The Hall–Kier alpha value is -2.30. The van der Waals surface area contributed by atoms with E-state index in [2.05, 4.69) is 15.2 Å². The van der Waals surface area contributed by atoms with Gasteiger partial charge in [0.15, 0.2) is 6.29 Å². The van der Waals surface area contributed by atoms with Crippen molar-refractivity contribution >= 4 is 12.1 Å². The number of aldehydes is 1. The van der Waals surface area contributed by atoms with E-state index in [4.69, 9.17) is 5.73 Å². The maximum Gasteiger partial charge on any atom is 0.170 e. The summed E-state index contributed by atoms with van der Waals surface area (Å²) in [5.74, 6) is 0.425. The van der Waals surface area contributed by atoms with Gasteiger partial charge in [-0.3, -0.25) is 4.79 Å². The molecule has 0 radical (unpaired) electrons. The predicted molar refractivity (Wildman–Crippen MR) is 55.1 cm³/mol. The maximum absolute atomic E-state index is 10.4. The van der Waals surface area contributed by atoms with Gasteiger partial charge in [-0.1, -0.05) is 6.07 Å². The molecule has 0 aliphatic heterocycles. The molecular weight excluding hydrogens is 192 g/mol. The summed E-state index contributed by atoms with van der Waals surface area (Å²) in [5, 5.41) is 7.57. The number of carbonyl (C=O) groups is 1. The van der Waals surface area contributed by atoms with Crippen LogP contribution in [0.3, 0.4) is 0 Å². The molecule has 0 aromatic carbocycles. The lowest BCUT2D eigenvalue weighted by Crippen LogP contribution is -1.96. The Morgan fingerprint density at radius 3 is 2.53 bits per heavy atom. The summed E-state index contributed by atoms with van der Waals surface area (Å²) in [6.07, 6.45) is 0.642. The van der Waals surface area contributed by atoms with E-state index in [0.717, 1.165) is 0 Å². The van der Waals surface area contributed by atoms with E-state index in [0.29, 0.717) is 29.2 Å². The van der Waals surface area contributed by atoms with Gasteiger partial charge in [0.25, 0.3) is 0 Å². The number of hydrogen-bond acceptors (Lipinski definition) is 5. The van der Waals surface area contributed by atoms with Gasteiger partial charge in [-0.2, -0.15) is 0 Å². The van der Waals surface area contributed by atoms with E-state index in [9.17, 15) is 4.79 Å². The van der Waals surface area contributed by atoms with E-state index < -0.39 is 0 Å². The van der Waals surface area contributed by atoms with Crippen molar-refractivity contribution < 1.29 is 4.79 Å². The molecule has 0 saturated heterocycles. The van der Waals surface area contributed by atoms with Crippen molar-refractivity contribution in [3.05, 3.63) is 36.0 Å². The number of anilines is 1. The largest absolute Gasteiger partial charge is 0.384 e. The Balaban J connectivity index is 2.41. The Morgan fingerprint density at radius 1 is 1.07 bits per heavy atom. The van der Waals surface area contributed by atoms with Crippen molar-refractivity contribution in [2.75, 3.05) is 5.73 Å². The number of nitrogens with two attached hydrogens (primary N) is 1. The molecule has 0 unspecified atom stereocenters. The summed E-state index contributed by atoms with van der Waals surface area (Å²) in [6, 6.07) is 8.52. The molecular formula is C10H8N4O. The molecule has 0 aliphatic carbocycles. The van der Waals surface area contributed by atoms with Crippen LogP contribution in [0.2, 0.25) is 0 Å². The SMILES string of the molecule is Nc1cccc(-c2ccc(C=O)nn2)n1. The number of hydrogen-bond donors (Lipinski definition) is 1. The molecule has 0 fully saturated rings. The molecule has 2 aromatic rings. The first kappa shape index (κ1) is 9.26. The molecule has 5 heteroatoms. The summed E-state index contributed by atoms with van der Waals surface area (Å²) in [4.78, 5) is 14.5. The molecule has 2 N–H and O–H groups in total. The van der Waals surface area contributed by atoms with Crippen LogP contribution in [0.25, 0.3) is 11.4 Å². The molecule has 2 heterocycles. The Bertz CT molecular complexity index is 481. The summed E-state index contributed by atoms with van der Waals surface area (Å²) in [6.45, 7) is 0. The lowest BCUT2D eigenvalue weighted by atomic mass is 10.2. The van der Waals surface area contributed by atoms with Crippen molar-refractivity contribution in [1.29, 1.82) is 0 Å². The highest BCUT2D eigenvalue weighted by atomic mass is 16.1. The Kier molecular flexibility index (Phi) is 2.37. The van der Waals surface area contributed by atoms with Crippen LogP contribution in [-0.4, -0.2) is 21.5 Å². The minimum Gasteiger partial charge on any atom is -0.384 e. The van der Waals surface area contributed by atoms with Gasteiger partial charge in [-0.15, -0.1) is 10.2 Å². The van der Waals surface area contributed by atoms with Gasteiger partial charge in [0, 0.05) is 0 Å². The fraction of sp³-hybridized carbons (Fsp3) is 0. The van der Waals surface area contributed by atoms with Gasteiger partial charge >= 0.3 is 0 Å². The van der Waals surface area contributed by atoms with Gasteiger partial charge in [-0.25, -0.2) is 4.98 Å². The monoisotopic (exact) mass is 200 g/mol. The van der Waals surface area contributed by atoms with Crippen LogP contribution in [-0.2, 0) is 0 Å². The average molecular weight is 200 g/mol. The minimum atomic E-state index is 0.294. The standard InChI is InChI=1S/C10H8N4O/c11-10-3-1-2-8(12-10)9-5-4-7(6-15)13-14-9/h1-6H,(H2,11,12). The predicted octanol–water partition coefficient (Wildman–Crippen LogP) is 0.933. The second-order valence-corrected chi connectivity index (χ2v) is 2.91. The number of nitrogens with zero attached hydrogens (tertiary/aromatic N) is 3. The lowest BCUT2D eigenvalue weighted by molar-refractivity contribution is 0.111. The van der Waals surface area contributed by atoms with Crippen molar-refractivity contribution in [3.63, 3.8) is 0 Å². The second-order valence-electron chi connectivity index (χ2n) is 2.91. The zero-order valence-electron chi connectivity index (χ0n) is 7.79. The van der Waals surface area contributed by atoms with Gasteiger partial charge < -0.3 is 5.73 Å². The topological polar surface area (TPSA) is 81.8 Å². The van der Waals surface area contributed by atoms with Gasteiger partial charge in [0.1, 0.15) is 17.2 Å². The fourth-order valence-electron chi connectivity index (χ4n) is 1.14. The van der Waals surface area contributed by atoms with Gasteiger partial charge in [0.2, 0.25) is 0 Å². The van der Waals surface area contributed by atoms with Crippen molar-refractivity contribution in [2.24, 2.45) is 0 Å².